The minimum absolute atomic E-state index is 0.772. The van der Waals surface area contributed by atoms with Crippen LogP contribution in [0.4, 0.5) is 0 Å². The van der Waals surface area contributed by atoms with Crippen LogP contribution in [0.2, 0.25) is 0 Å². The molecule has 0 bridgehead atoms. The van der Waals surface area contributed by atoms with E-state index in [0.717, 1.165) is 11.4 Å². The Bertz CT molecular complexity index is 474. The zero-order valence-electron chi connectivity index (χ0n) is 7.81. The van der Waals surface area contributed by atoms with E-state index in [9.17, 15) is 0 Å². The van der Waals surface area contributed by atoms with Crippen molar-refractivity contribution in [1.82, 2.24) is 14.8 Å². The first-order chi connectivity index (χ1) is 6.86. The monoisotopic (exact) mass is 183 g/mol. The molecule has 0 saturated heterocycles. The molecule has 3 heteroatoms. The molecule has 0 aliphatic heterocycles. The summed E-state index contributed by atoms with van der Waals surface area (Å²) in [7, 11) is 1.86. The summed E-state index contributed by atoms with van der Waals surface area (Å²) in [5, 5.41) is 4.02. The van der Waals surface area contributed by atoms with Crippen LogP contribution >= 0.6 is 0 Å². The van der Waals surface area contributed by atoms with Crippen molar-refractivity contribution in [1.29, 1.82) is 0 Å². The van der Waals surface area contributed by atoms with E-state index in [4.69, 9.17) is 0 Å². The van der Waals surface area contributed by atoms with Crippen molar-refractivity contribution < 1.29 is 0 Å². The Kier molecular flexibility index (Phi) is 2.28. The highest BCUT2D eigenvalue weighted by Crippen LogP contribution is 1.94. The fraction of sp³-hybridized carbons (Fsp3) is 0.0909. The molecular formula is C11H9N3. The SMILES string of the molecule is Cn1nccc1C#Cc1ccccn1. The lowest BCUT2D eigenvalue weighted by Gasteiger charge is -1.89. The summed E-state index contributed by atoms with van der Waals surface area (Å²) in [5.74, 6) is 5.96. The number of hydrogen-bond donors (Lipinski definition) is 0. The first kappa shape index (κ1) is 8.52. The van der Waals surface area contributed by atoms with Crippen LogP contribution in [0.25, 0.3) is 0 Å². The molecule has 0 fully saturated rings. The van der Waals surface area contributed by atoms with Gasteiger partial charge in [0.2, 0.25) is 0 Å². The third-order valence-electron chi connectivity index (χ3n) is 1.80. The topological polar surface area (TPSA) is 30.7 Å². The van der Waals surface area contributed by atoms with Gasteiger partial charge >= 0.3 is 0 Å². The maximum absolute atomic E-state index is 4.10. The smallest absolute Gasteiger partial charge is 0.113 e. The zero-order valence-corrected chi connectivity index (χ0v) is 7.81. The predicted molar refractivity (Wildman–Crippen MR) is 53.4 cm³/mol. The van der Waals surface area contributed by atoms with E-state index in [0.29, 0.717) is 0 Å². The number of rotatable bonds is 0. The summed E-state index contributed by atoms with van der Waals surface area (Å²) in [5.41, 5.74) is 1.66. The molecule has 0 aliphatic rings. The van der Waals surface area contributed by atoms with Crippen LogP contribution in [0.1, 0.15) is 11.4 Å². The van der Waals surface area contributed by atoms with Crippen LogP contribution in [0.15, 0.2) is 36.7 Å². The summed E-state index contributed by atoms with van der Waals surface area (Å²) in [6, 6.07) is 7.54. The Hall–Kier alpha value is -2.08. The molecular weight excluding hydrogens is 174 g/mol. The van der Waals surface area contributed by atoms with E-state index >= 15 is 0 Å². The van der Waals surface area contributed by atoms with Gasteiger partial charge < -0.3 is 0 Å². The van der Waals surface area contributed by atoms with Crippen molar-refractivity contribution in [2.45, 2.75) is 0 Å². The van der Waals surface area contributed by atoms with Gasteiger partial charge in [0.05, 0.1) is 6.20 Å². The summed E-state index contributed by atoms with van der Waals surface area (Å²) in [6.45, 7) is 0. The van der Waals surface area contributed by atoms with Gasteiger partial charge in [-0.3, -0.25) is 4.68 Å². The summed E-state index contributed by atoms with van der Waals surface area (Å²) < 4.78 is 1.73. The van der Waals surface area contributed by atoms with Crippen molar-refractivity contribution in [2.24, 2.45) is 7.05 Å². The Morgan fingerprint density at radius 1 is 1.14 bits per heavy atom. The molecule has 0 N–H and O–H groups in total. The lowest BCUT2D eigenvalue weighted by Crippen LogP contribution is -1.92. The Morgan fingerprint density at radius 3 is 2.71 bits per heavy atom. The summed E-state index contributed by atoms with van der Waals surface area (Å²) in [4.78, 5) is 4.10. The highest BCUT2D eigenvalue weighted by molar-refractivity contribution is 5.35. The minimum atomic E-state index is 0.772. The van der Waals surface area contributed by atoms with E-state index < -0.39 is 0 Å². The lowest BCUT2D eigenvalue weighted by atomic mass is 10.3. The van der Waals surface area contributed by atoms with E-state index in [2.05, 4.69) is 21.9 Å². The van der Waals surface area contributed by atoms with Crippen molar-refractivity contribution in [3.05, 3.63) is 48.0 Å². The molecule has 3 nitrogen and oxygen atoms in total. The van der Waals surface area contributed by atoms with Crippen LogP contribution in [-0.2, 0) is 7.05 Å². The minimum Gasteiger partial charge on any atom is -0.260 e. The van der Waals surface area contributed by atoms with Crippen LogP contribution in [0, 0.1) is 11.8 Å². The largest absolute Gasteiger partial charge is 0.260 e. The fourth-order valence-electron chi connectivity index (χ4n) is 1.06. The molecule has 0 aromatic carbocycles. The van der Waals surface area contributed by atoms with Gasteiger partial charge in [0.1, 0.15) is 11.4 Å². The van der Waals surface area contributed by atoms with Crippen molar-refractivity contribution in [3.63, 3.8) is 0 Å². The first-order valence-electron chi connectivity index (χ1n) is 4.27. The van der Waals surface area contributed by atoms with Crippen molar-refractivity contribution in [3.8, 4) is 11.8 Å². The molecule has 0 aliphatic carbocycles. The molecule has 2 aromatic heterocycles. The van der Waals surface area contributed by atoms with Gasteiger partial charge in [-0.25, -0.2) is 4.98 Å². The van der Waals surface area contributed by atoms with Gasteiger partial charge in [-0.15, -0.1) is 0 Å². The van der Waals surface area contributed by atoms with Gasteiger partial charge in [-0.1, -0.05) is 6.07 Å². The number of pyridine rings is 1. The van der Waals surface area contributed by atoms with E-state index in [1.165, 1.54) is 0 Å². The molecule has 0 unspecified atom stereocenters. The van der Waals surface area contributed by atoms with Gasteiger partial charge in [0.15, 0.2) is 0 Å². The highest BCUT2D eigenvalue weighted by atomic mass is 15.2. The Balaban J connectivity index is 2.28. The lowest BCUT2D eigenvalue weighted by molar-refractivity contribution is 0.757. The normalized spacial score (nSPS) is 9.21. The molecule has 0 spiro atoms. The molecule has 68 valence electrons. The van der Waals surface area contributed by atoms with Crippen LogP contribution < -0.4 is 0 Å². The quantitative estimate of drug-likeness (QED) is 0.575. The zero-order chi connectivity index (χ0) is 9.80. The van der Waals surface area contributed by atoms with E-state index in [1.807, 2.05) is 31.3 Å². The molecule has 0 saturated carbocycles. The van der Waals surface area contributed by atoms with Crippen molar-refractivity contribution >= 4 is 0 Å². The van der Waals surface area contributed by atoms with E-state index in [1.54, 1.807) is 17.1 Å². The average Bonchev–Trinajstić information content (AvgIpc) is 2.63. The number of hydrogen-bond acceptors (Lipinski definition) is 2. The van der Waals surface area contributed by atoms with Crippen molar-refractivity contribution in [2.75, 3.05) is 0 Å². The van der Waals surface area contributed by atoms with Crippen LogP contribution in [0.5, 0.6) is 0 Å². The number of aromatic nitrogens is 3. The van der Waals surface area contributed by atoms with E-state index in [-0.39, 0.29) is 0 Å². The molecule has 14 heavy (non-hydrogen) atoms. The Labute approximate surface area is 82.4 Å². The fourth-order valence-corrected chi connectivity index (χ4v) is 1.06. The molecule has 0 radical (unpaired) electrons. The third-order valence-corrected chi connectivity index (χ3v) is 1.80. The van der Waals surface area contributed by atoms with Gasteiger partial charge in [-0.05, 0) is 30.0 Å². The molecule has 2 rings (SSSR count). The molecule has 0 atom stereocenters. The van der Waals surface area contributed by atoms with Gasteiger partial charge in [0, 0.05) is 13.2 Å². The first-order valence-corrected chi connectivity index (χ1v) is 4.27. The molecule has 0 amide bonds. The maximum Gasteiger partial charge on any atom is 0.113 e. The van der Waals surface area contributed by atoms with Crippen LogP contribution in [-0.4, -0.2) is 14.8 Å². The molecule has 2 heterocycles. The predicted octanol–water partition coefficient (Wildman–Crippen LogP) is 1.21. The second-order valence-electron chi connectivity index (χ2n) is 2.81. The van der Waals surface area contributed by atoms with Crippen LogP contribution in [0.3, 0.4) is 0 Å². The van der Waals surface area contributed by atoms with Gasteiger partial charge in [-0.2, -0.15) is 5.10 Å². The summed E-state index contributed by atoms with van der Waals surface area (Å²) >= 11 is 0. The maximum atomic E-state index is 4.10. The average molecular weight is 183 g/mol. The third kappa shape index (κ3) is 1.80. The van der Waals surface area contributed by atoms with Gasteiger partial charge in [0.25, 0.3) is 0 Å². The number of aryl methyl sites for hydroxylation is 1. The summed E-state index contributed by atoms with van der Waals surface area (Å²) in [6.07, 6.45) is 3.45. The second kappa shape index (κ2) is 3.75. The Morgan fingerprint density at radius 2 is 2.07 bits per heavy atom. The number of nitrogens with zero attached hydrogens (tertiary/aromatic N) is 3. The second-order valence-corrected chi connectivity index (χ2v) is 2.81. The highest BCUT2D eigenvalue weighted by Gasteiger charge is 1.91. The molecule has 2 aromatic rings. The standard InChI is InChI=1S/C11H9N3/c1-14-11(7-9-13-14)6-5-10-4-2-3-8-12-10/h2-4,7-9H,1H3.